The highest BCUT2D eigenvalue weighted by Crippen LogP contribution is 2.28. The molecule has 0 aliphatic carbocycles. The molecule has 8 nitrogen and oxygen atoms in total. The number of carbonyl (C=O) groups is 2. The van der Waals surface area contributed by atoms with Crippen LogP contribution in [0.2, 0.25) is 10.0 Å². The van der Waals surface area contributed by atoms with Crippen molar-refractivity contribution < 1.29 is 19.1 Å². The minimum absolute atomic E-state index is 0.222. The summed E-state index contributed by atoms with van der Waals surface area (Å²) in [4.78, 5) is 29.0. The molecule has 0 aliphatic rings. The van der Waals surface area contributed by atoms with Gasteiger partial charge in [-0.2, -0.15) is 10.2 Å². The Labute approximate surface area is 223 Å². The SMILES string of the molecule is CCN(CC)CCOC(=O)c1ccc(N=Nc2ccc(C(=O)OCCN(CC)CC)c(Cl)c2)cc1Cl. The molecule has 0 amide bonds. The summed E-state index contributed by atoms with van der Waals surface area (Å²) in [7, 11) is 0. The van der Waals surface area contributed by atoms with Gasteiger partial charge >= 0.3 is 11.9 Å². The van der Waals surface area contributed by atoms with Gasteiger partial charge in [0.1, 0.15) is 13.2 Å². The van der Waals surface area contributed by atoms with E-state index in [1.807, 2.05) is 0 Å². The fraction of sp³-hybridized carbons (Fsp3) is 0.462. The summed E-state index contributed by atoms with van der Waals surface area (Å²) < 4.78 is 10.7. The third-order valence-electron chi connectivity index (χ3n) is 5.70. The van der Waals surface area contributed by atoms with Crippen molar-refractivity contribution in [1.29, 1.82) is 0 Å². The first kappa shape index (κ1) is 29.7. The quantitative estimate of drug-likeness (QED) is 0.205. The molecule has 10 heteroatoms. The molecule has 0 fully saturated rings. The Kier molecular flexibility index (Phi) is 12.8. The summed E-state index contributed by atoms with van der Waals surface area (Å²) in [5.41, 5.74) is 1.44. The number of hydrogen-bond acceptors (Lipinski definition) is 8. The Bertz CT molecular complexity index is 959. The van der Waals surface area contributed by atoms with E-state index in [0.717, 1.165) is 26.2 Å². The van der Waals surface area contributed by atoms with Crippen LogP contribution in [0.15, 0.2) is 46.6 Å². The second kappa shape index (κ2) is 15.6. The van der Waals surface area contributed by atoms with Crippen LogP contribution in [0.1, 0.15) is 48.4 Å². The average Bonchev–Trinajstić information content (AvgIpc) is 2.87. The van der Waals surface area contributed by atoms with Gasteiger partial charge in [-0.25, -0.2) is 9.59 Å². The van der Waals surface area contributed by atoms with Gasteiger partial charge in [0.25, 0.3) is 0 Å². The normalized spacial score (nSPS) is 11.4. The lowest BCUT2D eigenvalue weighted by Crippen LogP contribution is -2.27. The summed E-state index contributed by atoms with van der Waals surface area (Å²) in [5, 5.41) is 8.74. The number of esters is 2. The summed E-state index contributed by atoms with van der Waals surface area (Å²) in [5.74, 6) is -0.969. The third kappa shape index (κ3) is 9.17. The average molecular weight is 537 g/mol. The zero-order valence-corrected chi connectivity index (χ0v) is 22.8. The molecule has 2 aromatic carbocycles. The number of likely N-dealkylation sites (N-methyl/N-ethyl adjacent to an activating group) is 2. The molecule has 0 aromatic heterocycles. The van der Waals surface area contributed by atoms with Gasteiger partial charge in [0, 0.05) is 13.1 Å². The van der Waals surface area contributed by atoms with Crippen molar-refractivity contribution in [3.8, 4) is 0 Å². The molecule has 2 aromatic rings. The molecule has 36 heavy (non-hydrogen) atoms. The monoisotopic (exact) mass is 536 g/mol. The predicted octanol–water partition coefficient (Wildman–Crippen LogP) is 6.41. The highest BCUT2D eigenvalue weighted by atomic mass is 35.5. The number of halogens is 2. The Hall–Kier alpha value is -2.52. The molecule has 0 saturated carbocycles. The Morgan fingerprint density at radius 1 is 0.694 bits per heavy atom. The largest absolute Gasteiger partial charge is 0.461 e. The third-order valence-corrected chi connectivity index (χ3v) is 6.32. The van der Waals surface area contributed by atoms with Gasteiger partial charge in [-0.05, 0) is 62.6 Å². The molecule has 2 rings (SSSR count). The van der Waals surface area contributed by atoms with Crippen molar-refractivity contribution in [1.82, 2.24) is 9.80 Å². The van der Waals surface area contributed by atoms with Crippen molar-refractivity contribution in [2.45, 2.75) is 27.7 Å². The molecule has 0 N–H and O–H groups in total. The minimum Gasteiger partial charge on any atom is -0.461 e. The maximum absolute atomic E-state index is 12.3. The summed E-state index contributed by atoms with van der Waals surface area (Å²) in [6, 6.07) is 9.44. The van der Waals surface area contributed by atoms with Crippen LogP contribution in [0.25, 0.3) is 0 Å². The van der Waals surface area contributed by atoms with Crippen LogP contribution in [0.4, 0.5) is 11.4 Å². The van der Waals surface area contributed by atoms with Gasteiger partial charge in [0.15, 0.2) is 0 Å². The highest BCUT2D eigenvalue weighted by Gasteiger charge is 2.14. The lowest BCUT2D eigenvalue weighted by Gasteiger charge is -2.17. The van der Waals surface area contributed by atoms with E-state index in [1.165, 1.54) is 12.1 Å². The molecule has 196 valence electrons. The number of rotatable bonds is 14. The second-order valence-electron chi connectivity index (χ2n) is 7.85. The molecule has 0 heterocycles. The maximum atomic E-state index is 12.3. The number of ether oxygens (including phenoxy) is 2. The van der Waals surface area contributed by atoms with Gasteiger partial charge in [-0.1, -0.05) is 50.9 Å². The molecule has 0 atom stereocenters. The van der Waals surface area contributed by atoms with E-state index in [-0.39, 0.29) is 21.2 Å². The van der Waals surface area contributed by atoms with Gasteiger partial charge in [0.2, 0.25) is 0 Å². The summed E-state index contributed by atoms with van der Waals surface area (Å²) >= 11 is 12.5. The highest BCUT2D eigenvalue weighted by molar-refractivity contribution is 6.34. The zero-order chi connectivity index (χ0) is 26.5. The Balaban J connectivity index is 1.96. The summed E-state index contributed by atoms with van der Waals surface area (Å²) in [6.07, 6.45) is 0. The summed E-state index contributed by atoms with van der Waals surface area (Å²) in [6.45, 7) is 13.7. The van der Waals surface area contributed by atoms with Crippen molar-refractivity contribution in [2.75, 3.05) is 52.5 Å². The minimum atomic E-state index is -0.484. The van der Waals surface area contributed by atoms with Crippen LogP contribution in [-0.4, -0.2) is 74.2 Å². The number of benzene rings is 2. The first-order chi connectivity index (χ1) is 17.3. The molecule has 0 saturated heterocycles. The molecule has 0 unspecified atom stereocenters. The second-order valence-corrected chi connectivity index (χ2v) is 8.67. The molecule has 0 aliphatic heterocycles. The molecule has 0 radical (unpaired) electrons. The van der Waals surface area contributed by atoms with E-state index in [9.17, 15) is 9.59 Å². The molecule has 0 bridgehead atoms. The van der Waals surface area contributed by atoms with Crippen molar-refractivity contribution in [3.63, 3.8) is 0 Å². The molecular weight excluding hydrogens is 503 g/mol. The maximum Gasteiger partial charge on any atom is 0.339 e. The van der Waals surface area contributed by atoms with Crippen LogP contribution in [0.5, 0.6) is 0 Å². The van der Waals surface area contributed by atoms with Crippen LogP contribution >= 0.6 is 23.2 Å². The van der Waals surface area contributed by atoms with Crippen LogP contribution in [0.3, 0.4) is 0 Å². The van der Waals surface area contributed by atoms with Gasteiger partial charge < -0.3 is 19.3 Å². The Morgan fingerprint density at radius 2 is 1.06 bits per heavy atom. The van der Waals surface area contributed by atoms with E-state index in [4.69, 9.17) is 32.7 Å². The van der Waals surface area contributed by atoms with Crippen molar-refractivity contribution in [2.24, 2.45) is 10.2 Å². The van der Waals surface area contributed by atoms with Crippen molar-refractivity contribution in [3.05, 3.63) is 57.6 Å². The first-order valence-electron chi connectivity index (χ1n) is 12.1. The van der Waals surface area contributed by atoms with Crippen molar-refractivity contribution >= 4 is 46.5 Å². The topological polar surface area (TPSA) is 83.8 Å². The predicted molar refractivity (Wildman–Crippen MR) is 143 cm³/mol. The zero-order valence-electron chi connectivity index (χ0n) is 21.3. The number of azo groups is 1. The fourth-order valence-corrected chi connectivity index (χ4v) is 3.85. The standard InChI is InChI=1S/C26H34Cl2N4O4/c1-5-31(6-2)13-15-35-25(33)21-11-9-19(17-23(21)27)29-30-20-10-12-22(24(28)18-20)26(34)36-16-14-32(7-3)8-4/h9-12,17-18H,5-8,13-16H2,1-4H3. The van der Waals surface area contributed by atoms with E-state index in [1.54, 1.807) is 24.3 Å². The lowest BCUT2D eigenvalue weighted by molar-refractivity contribution is 0.0458. The van der Waals surface area contributed by atoms with Gasteiger partial charge in [0.05, 0.1) is 32.5 Å². The van der Waals surface area contributed by atoms with Gasteiger partial charge in [-0.3, -0.25) is 0 Å². The smallest absolute Gasteiger partial charge is 0.339 e. The first-order valence-corrected chi connectivity index (χ1v) is 12.9. The molecule has 0 spiro atoms. The van der Waals surface area contributed by atoms with E-state index in [0.29, 0.717) is 37.7 Å². The number of nitrogens with zero attached hydrogens (tertiary/aromatic N) is 4. The van der Waals surface area contributed by atoms with E-state index >= 15 is 0 Å². The van der Waals surface area contributed by atoms with Crippen LogP contribution in [0, 0.1) is 0 Å². The van der Waals surface area contributed by atoms with Crippen LogP contribution in [-0.2, 0) is 9.47 Å². The van der Waals surface area contributed by atoms with E-state index in [2.05, 4.69) is 47.7 Å². The number of carbonyl (C=O) groups excluding carboxylic acids is 2. The van der Waals surface area contributed by atoms with E-state index < -0.39 is 11.9 Å². The van der Waals surface area contributed by atoms with Gasteiger partial charge in [-0.15, -0.1) is 0 Å². The molecular formula is C26H34Cl2N4O4. The van der Waals surface area contributed by atoms with Crippen LogP contribution < -0.4 is 0 Å². The fourth-order valence-electron chi connectivity index (χ4n) is 3.35. The lowest BCUT2D eigenvalue weighted by atomic mass is 10.2. The number of hydrogen-bond donors (Lipinski definition) is 0. The Morgan fingerprint density at radius 3 is 1.36 bits per heavy atom.